The van der Waals surface area contributed by atoms with E-state index in [4.69, 9.17) is 4.74 Å². The van der Waals surface area contributed by atoms with Crippen molar-refractivity contribution in [3.05, 3.63) is 36.3 Å². The summed E-state index contributed by atoms with van der Waals surface area (Å²) in [5, 5.41) is 8.68. The van der Waals surface area contributed by atoms with Crippen LogP contribution in [0, 0.1) is 6.92 Å². The molecule has 0 atom stereocenters. The highest BCUT2D eigenvalue weighted by atomic mass is 16.5. The summed E-state index contributed by atoms with van der Waals surface area (Å²) >= 11 is 0. The molecule has 0 unspecified atom stereocenters. The van der Waals surface area contributed by atoms with Crippen LogP contribution in [0.25, 0.3) is 11.0 Å². The molecule has 1 N–H and O–H groups in total. The molecule has 0 aliphatic carbocycles. The lowest BCUT2D eigenvalue weighted by molar-refractivity contribution is 0.319. The van der Waals surface area contributed by atoms with Gasteiger partial charge in [0.1, 0.15) is 17.9 Å². The van der Waals surface area contributed by atoms with E-state index in [9.17, 15) is 0 Å². The Balaban J connectivity index is 2.00. The van der Waals surface area contributed by atoms with Gasteiger partial charge in [-0.1, -0.05) is 19.1 Å². The minimum absolute atomic E-state index is 0.684. The number of aromatic nitrogens is 4. The summed E-state index contributed by atoms with van der Waals surface area (Å²) in [6, 6.07) is 7.85. The van der Waals surface area contributed by atoms with E-state index in [0.29, 0.717) is 6.61 Å². The van der Waals surface area contributed by atoms with E-state index < -0.39 is 0 Å². The first-order valence-electron chi connectivity index (χ1n) is 7.34. The number of anilines is 2. The van der Waals surface area contributed by atoms with Crippen LogP contribution >= 0.6 is 0 Å². The Morgan fingerprint density at radius 3 is 2.86 bits per heavy atom. The molecule has 0 spiro atoms. The molecule has 0 saturated carbocycles. The fourth-order valence-electron chi connectivity index (χ4n) is 2.41. The summed E-state index contributed by atoms with van der Waals surface area (Å²) in [5.74, 6) is 1.56. The zero-order valence-electron chi connectivity index (χ0n) is 13.0. The Morgan fingerprint density at radius 1 is 1.23 bits per heavy atom. The predicted molar refractivity (Wildman–Crippen MR) is 86.6 cm³/mol. The molecule has 0 aliphatic rings. The second kappa shape index (κ2) is 6.01. The molecule has 0 bridgehead atoms. The molecule has 2 aromatic heterocycles. The maximum Gasteiger partial charge on any atom is 0.163 e. The summed E-state index contributed by atoms with van der Waals surface area (Å²) in [7, 11) is 1.88. The third-order valence-corrected chi connectivity index (χ3v) is 3.40. The molecule has 6 nitrogen and oxygen atoms in total. The maximum atomic E-state index is 5.78. The van der Waals surface area contributed by atoms with Gasteiger partial charge in [0.15, 0.2) is 5.65 Å². The van der Waals surface area contributed by atoms with Gasteiger partial charge in [-0.15, -0.1) is 0 Å². The van der Waals surface area contributed by atoms with Crippen LogP contribution in [-0.4, -0.2) is 26.4 Å². The standard InChI is InChI=1S/C16H19N5O/c1-4-9-22-13-8-6-5-7-12(13)19-15-14-11(2)20-21(3)16(14)18-10-17-15/h5-8,10H,4,9H2,1-3H3,(H,17,18,19). The predicted octanol–water partition coefficient (Wildman–Crippen LogP) is 3.20. The largest absolute Gasteiger partial charge is 0.491 e. The first-order chi connectivity index (χ1) is 10.7. The van der Waals surface area contributed by atoms with Crippen LogP contribution in [0.1, 0.15) is 19.0 Å². The monoisotopic (exact) mass is 297 g/mol. The van der Waals surface area contributed by atoms with Crippen molar-refractivity contribution in [3.8, 4) is 5.75 Å². The number of fused-ring (bicyclic) bond motifs is 1. The molecular formula is C16H19N5O. The SMILES string of the molecule is CCCOc1ccccc1Nc1ncnc2c1c(C)nn2C. The number of para-hydroxylation sites is 2. The van der Waals surface area contributed by atoms with Gasteiger partial charge in [0.05, 0.1) is 23.4 Å². The molecular weight excluding hydrogens is 278 g/mol. The first-order valence-corrected chi connectivity index (χ1v) is 7.34. The van der Waals surface area contributed by atoms with E-state index in [1.165, 1.54) is 0 Å². The van der Waals surface area contributed by atoms with E-state index in [-0.39, 0.29) is 0 Å². The van der Waals surface area contributed by atoms with Gasteiger partial charge in [-0.05, 0) is 25.5 Å². The van der Waals surface area contributed by atoms with E-state index >= 15 is 0 Å². The quantitative estimate of drug-likeness (QED) is 0.783. The fourth-order valence-corrected chi connectivity index (χ4v) is 2.41. The smallest absolute Gasteiger partial charge is 0.163 e. The Morgan fingerprint density at radius 2 is 2.05 bits per heavy atom. The summed E-state index contributed by atoms with van der Waals surface area (Å²) < 4.78 is 7.54. The van der Waals surface area contributed by atoms with Gasteiger partial charge < -0.3 is 10.1 Å². The number of nitrogens with zero attached hydrogens (tertiary/aromatic N) is 4. The second-order valence-corrected chi connectivity index (χ2v) is 5.10. The Hall–Kier alpha value is -2.63. The highest BCUT2D eigenvalue weighted by Gasteiger charge is 2.13. The molecule has 3 rings (SSSR count). The number of nitrogens with one attached hydrogen (secondary N) is 1. The third kappa shape index (κ3) is 2.59. The molecule has 0 fully saturated rings. The summed E-state index contributed by atoms with van der Waals surface area (Å²) in [5.41, 5.74) is 2.59. The van der Waals surface area contributed by atoms with Gasteiger partial charge >= 0.3 is 0 Å². The molecule has 1 aromatic carbocycles. The van der Waals surface area contributed by atoms with E-state index in [1.807, 2.05) is 38.2 Å². The lowest BCUT2D eigenvalue weighted by atomic mass is 10.2. The van der Waals surface area contributed by atoms with Crippen LogP contribution in [0.4, 0.5) is 11.5 Å². The molecule has 114 valence electrons. The number of ether oxygens (including phenoxy) is 1. The number of benzene rings is 1. The molecule has 0 saturated heterocycles. The Bertz CT molecular complexity index is 796. The Kier molecular flexibility index (Phi) is 3.91. The van der Waals surface area contributed by atoms with Crippen molar-refractivity contribution >= 4 is 22.5 Å². The number of hydrogen-bond acceptors (Lipinski definition) is 5. The van der Waals surface area contributed by atoms with E-state index in [2.05, 4.69) is 27.3 Å². The van der Waals surface area contributed by atoms with Gasteiger partial charge in [-0.2, -0.15) is 5.10 Å². The van der Waals surface area contributed by atoms with E-state index in [1.54, 1.807) is 11.0 Å². The molecule has 2 heterocycles. The minimum atomic E-state index is 0.684. The van der Waals surface area contributed by atoms with Crippen LogP contribution in [0.15, 0.2) is 30.6 Å². The van der Waals surface area contributed by atoms with Crippen LogP contribution in [-0.2, 0) is 7.05 Å². The molecule has 3 aromatic rings. The zero-order chi connectivity index (χ0) is 15.5. The van der Waals surface area contributed by atoms with Crippen molar-refractivity contribution in [2.75, 3.05) is 11.9 Å². The van der Waals surface area contributed by atoms with Crippen molar-refractivity contribution in [3.63, 3.8) is 0 Å². The maximum absolute atomic E-state index is 5.78. The zero-order valence-corrected chi connectivity index (χ0v) is 13.0. The van der Waals surface area contributed by atoms with Gasteiger partial charge in [0.25, 0.3) is 0 Å². The Labute approximate surface area is 129 Å². The van der Waals surface area contributed by atoms with Crippen molar-refractivity contribution in [1.82, 2.24) is 19.7 Å². The average Bonchev–Trinajstić information content (AvgIpc) is 2.82. The first kappa shape index (κ1) is 14.3. The van der Waals surface area contributed by atoms with Crippen LogP contribution < -0.4 is 10.1 Å². The summed E-state index contributed by atoms with van der Waals surface area (Å²) in [6.45, 7) is 4.73. The third-order valence-electron chi connectivity index (χ3n) is 3.40. The van der Waals surface area contributed by atoms with Gasteiger partial charge in [-0.3, -0.25) is 4.68 Å². The number of aryl methyl sites for hydroxylation is 2. The number of hydrogen-bond donors (Lipinski definition) is 1. The van der Waals surface area contributed by atoms with Crippen LogP contribution in [0.2, 0.25) is 0 Å². The second-order valence-electron chi connectivity index (χ2n) is 5.10. The van der Waals surface area contributed by atoms with Crippen molar-refractivity contribution < 1.29 is 4.74 Å². The van der Waals surface area contributed by atoms with Crippen molar-refractivity contribution in [2.45, 2.75) is 20.3 Å². The lowest BCUT2D eigenvalue weighted by Crippen LogP contribution is -2.01. The summed E-state index contributed by atoms with van der Waals surface area (Å²) in [4.78, 5) is 8.66. The minimum Gasteiger partial charge on any atom is -0.491 e. The van der Waals surface area contributed by atoms with Crippen molar-refractivity contribution in [2.24, 2.45) is 7.05 Å². The van der Waals surface area contributed by atoms with E-state index in [0.717, 1.165) is 40.4 Å². The van der Waals surface area contributed by atoms with Crippen LogP contribution in [0.3, 0.4) is 0 Å². The highest BCUT2D eigenvalue weighted by molar-refractivity contribution is 5.91. The molecule has 22 heavy (non-hydrogen) atoms. The molecule has 0 amide bonds. The van der Waals surface area contributed by atoms with Gasteiger partial charge in [-0.25, -0.2) is 9.97 Å². The molecule has 0 aliphatic heterocycles. The lowest BCUT2D eigenvalue weighted by Gasteiger charge is -2.12. The van der Waals surface area contributed by atoms with Gasteiger partial charge in [0, 0.05) is 7.05 Å². The highest BCUT2D eigenvalue weighted by Crippen LogP contribution is 2.30. The van der Waals surface area contributed by atoms with Crippen LogP contribution in [0.5, 0.6) is 5.75 Å². The topological polar surface area (TPSA) is 64.9 Å². The van der Waals surface area contributed by atoms with Crippen molar-refractivity contribution in [1.29, 1.82) is 0 Å². The fraction of sp³-hybridized carbons (Fsp3) is 0.312. The normalized spacial score (nSPS) is 10.9. The molecule has 0 radical (unpaired) electrons. The molecule has 6 heteroatoms. The average molecular weight is 297 g/mol. The number of rotatable bonds is 5. The van der Waals surface area contributed by atoms with Gasteiger partial charge in [0.2, 0.25) is 0 Å². The summed E-state index contributed by atoms with van der Waals surface area (Å²) in [6.07, 6.45) is 2.51.